The van der Waals surface area contributed by atoms with Crippen molar-refractivity contribution in [3.8, 4) is 11.5 Å². The van der Waals surface area contributed by atoms with E-state index in [4.69, 9.17) is 20.0 Å². The van der Waals surface area contributed by atoms with Crippen LogP contribution in [-0.4, -0.2) is 72.2 Å². The van der Waals surface area contributed by atoms with Gasteiger partial charge in [-0.2, -0.15) is 5.11 Å². The van der Waals surface area contributed by atoms with Crippen molar-refractivity contribution in [2.75, 3.05) is 55.9 Å². The minimum absolute atomic E-state index is 0.102. The van der Waals surface area contributed by atoms with E-state index >= 15 is 0 Å². The maximum Gasteiger partial charge on any atom is 0.246 e. The third-order valence-corrected chi connectivity index (χ3v) is 7.12. The number of piperazine rings is 1. The lowest BCUT2D eigenvalue weighted by molar-refractivity contribution is -0.129. The quantitative estimate of drug-likeness (QED) is 0.169. The molecule has 0 radical (unpaired) electrons. The highest BCUT2D eigenvalue weighted by Crippen LogP contribution is 2.34. The van der Waals surface area contributed by atoms with Gasteiger partial charge in [0.25, 0.3) is 0 Å². The van der Waals surface area contributed by atoms with Crippen LogP contribution < -0.4 is 20.3 Å². The first kappa shape index (κ1) is 28.4. The van der Waals surface area contributed by atoms with Gasteiger partial charge in [0.1, 0.15) is 34.8 Å². The number of aromatic nitrogens is 3. The van der Waals surface area contributed by atoms with Gasteiger partial charge in [-0.25, -0.2) is 20.5 Å². The van der Waals surface area contributed by atoms with Crippen LogP contribution in [0.2, 0.25) is 0 Å². The smallest absolute Gasteiger partial charge is 0.246 e. The summed E-state index contributed by atoms with van der Waals surface area (Å²) < 4.78 is 11.5. The van der Waals surface area contributed by atoms with Crippen molar-refractivity contribution in [2.45, 2.75) is 13.0 Å². The van der Waals surface area contributed by atoms with Crippen LogP contribution in [0.5, 0.6) is 11.5 Å². The Bertz CT molecular complexity index is 1630. The zero-order valence-electron chi connectivity index (χ0n) is 23.8. The molecule has 42 heavy (non-hydrogen) atoms. The summed E-state index contributed by atoms with van der Waals surface area (Å²) in [6.07, 6.45) is 2.85. The lowest BCUT2D eigenvalue weighted by Crippen LogP contribution is -2.56. The van der Waals surface area contributed by atoms with Crippen molar-refractivity contribution in [1.29, 1.82) is 5.53 Å². The molecule has 12 heteroatoms. The number of hydrogen-bond acceptors (Lipinski definition) is 11. The molecule has 12 nitrogen and oxygen atoms in total. The normalized spacial score (nSPS) is 14.9. The lowest BCUT2D eigenvalue weighted by atomic mass is 10.1. The Kier molecular flexibility index (Phi) is 8.53. The maximum absolute atomic E-state index is 12.3. The van der Waals surface area contributed by atoms with Gasteiger partial charge in [0, 0.05) is 45.5 Å². The molecule has 216 valence electrons. The largest absolute Gasteiger partial charge is 0.457 e. The van der Waals surface area contributed by atoms with Gasteiger partial charge in [-0.1, -0.05) is 6.58 Å². The van der Waals surface area contributed by atoms with Crippen molar-refractivity contribution < 1.29 is 14.3 Å². The van der Waals surface area contributed by atoms with E-state index < -0.39 is 0 Å². The van der Waals surface area contributed by atoms with E-state index in [-0.39, 0.29) is 11.9 Å². The third kappa shape index (κ3) is 5.98. The van der Waals surface area contributed by atoms with Crippen LogP contribution in [0.3, 0.4) is 0 Å². The van der Waals surface area contributed by atoms with Crippen LogP contribution >= 0.6 is 0 Å². The molecule has 1 saturated heterocycles. The van der Waals surface area contributed by atoms with Crippen LogP contribution in [0.1, 0.15) is 5.56 Å². The highest BCUT2D eigenvalue weighted by Gasteiger charge is 2.30. The molecule has 1 amide bonds. The average molecular weight is 568 g/mol. The van der Waals surface area contributed by atoms with Crippen molar-refractivity contribution in [3.05, 3.63) is 73.1 Å². The zero-order chi connectivity index (χ0) is 29.6. The number of ether oxygens (including phenoxy) is 2. The Morgan fingerprint density at radius 3 is 2.79 bits per heavy atom. The van der Waals surface area contributed by atoms with Gasteiger partial charge in [0.05, 0.1) is 23.9 Å². The molecular formula is C30H33N9O3. The van der Waals surface area contributed by atoms with Gasteiger partial charge < -0.3 is 29.9 Å². The number of amides is 1. The molecule has 1 fully saturated rings. The van der Waals surface area contributed by atoms with Crippen LogP contribution in [-0.2, 0) is 9.53 Å². The number of carbonyl (C=O) groups is 1. The highest BCUT2D eigenvalue weighted by atomic mass is 16.5. The minimum atomic E-state index is -0.116. The fraction of sp³-hybridized carbons (Fsp3) is 0.267. The summed E-state index contributed by atoms with van der Waals surface area (Å²) in [5.74, 6) is 2.52. The summed E-state index contributed by atoms with van der Waals surface area (Å²) in [4.78, 5) is 30.1. The van der Waals surface area contributed by atoms with E-state index in [2.05, 4.69) is 37.2 Å². The van der Waals surface area contributed by atoms with Gasteiger partial charge in [-0.05, 0) is 61.0 Å². The second-order valence-corrected chi connectivity index (χ2v) is 9.80. The summed E-state index contributed by atoms with van der Waals surface area (Å²) >= 11 is 0. The van der Waals surface area contributed by atoms with Gasteiger partial charge in [0.2, 0.25) is 5.91 Å². The van der Waals surface area contributed by atoms with Crippen molar-refractivity contribution in [3.63, 3.8) is 0 Å². The Hall–Kier alpha value is -5.10. The molecule has 3 N–H and O–H groups in total. The minimum Gasteiger partial charge on any atom is -0.457 e. The lowest BCUT2D eigenvalue weighted by Gasteiger charge is -2.41. The highest BCUT2D eigenvalue weighted by molar-refractivity contribution is 5.89. The predicted molar refractivity (Wildman–Crippen MR) is 162 cm³/mol. The molecule has 4 aromatic rings. The van der Waals surface area contributed by atoms with E-state index in [1.54, 1.807) is 25.1 Å². The van der Waals surface area contributed by atoms with E-state index in [9.17, 15) is 4.79 Å². The van der Waals surface area contributed by atoms with E-state index in [0.717, 1.165) is 22.8 Å². The maximum atomic E-state index is 12.3. The Morgan fingerprint density at radius 2 is 2.05 bits per heavy atom. The molecule has 0 bridgehead atoms. The number of rotatable bonds is 10. The van der Waals surface area contributed by atoms with Gasteiger partial charge in [-0.15, -0.1) is 0 Å². The average Bonchev–Trinajstić information content (AvgIpc) is 3.02. The number of benzene rings is 2. The first-order valence-electron chi connectivity index (χ1n) is 13.5. The number of hydrogen-bond donors (Lipinski definition) is 3. The third-order valence-electron chi connectivity index (χ3n) is 7.12. The summed E-state index contributed by atoms with van der Waals surface area (Å²) in [6.45, 7) is 7.76. The first-order chi connectivity index (χ1) is 20.4. The van der Waals surface area contributed by atoms with Gasteiger partial charge in [0.15, 0.2) is 5.82 Å². The SMILES string of the molecule is C=CC(=O)N1CCN(c2ccc3ncnc(Nc4ccc(Oc5ccc(NC)c(N=N)c5)c(C)c4)c3n2)CC1COC. The standard InChI is InChI=1S/C30H33N9O3/c1-5-28(40)39-13-12-38(16-21(39)17-41-4)27-11-9-24-29(36-27)30(34-18-33-24)35-20-6-10-26(19(2)14-20)42-22-7-8-23(32-3)25(15-22)37-31/h5-11,14-15,18,21,31-32H,1,12-13,16-17H2,2-4H3,(H,33,34,35). The number of carbonyl (C=O) groups excluding carboxylic acids is 1. The van der Waals surface area contributed by atoms with Crippen LogP contribution in [0.15, 0.2) is 72.6 Å². The summed E-state index contributed by atoms with van der Waals surface area (Å²) in [5.41, 5.74) is 11.7. The second-order valence-electron chi connectivity index (χ2n) is 9.80. The fourth-order valence-electron chi connectivity index (χ4n) is 4.99. The van der Waals surface area contributed by atoms with Gasteiger partial charge >= 0.3 is 0 Å². The fourth-order valence-corrected chi connectivity index (χ4v) is 4.99. The summed E-state index contributed by atoms with van der Waals surface area (Å²) in [7, 11) is 3.41. The molecule has 1 atom stereocenters. The summed E-state index contributed by atoms with van der Waals surface area (Å²) in [5, 5.41) is 9.96. The van der Waals surface area contributed by atoms with Crippen molar-refractivity contribution in [2.24, 2.45) is 5.11 Å². The van der Waals surface area contributed by atoms with Crippen LogP contribution in [0.25, 0.3) is 11.0 Å². The van der Waals surface area contributed by atoms with Crippen LogP contribution in [0.4, 0.5) is 28.7 Å². The molecular weight excluding hydrogens is 534 g/mol. The molecule has 1 aliphatic heterocycles. The molecule has 0 aliphatic carbocycles. The topological polar surface area (TPSA) is 141 Å². The second kappa shape index (κ2) is 12.6. The summed E-state index contributed by atoms with van der Waals surface area (Å²) in [6, 6.07) is 14.9. The number of aryl methyl sites for hydroxylation is 1. The monoisotopic (exact) mass is 567 g/mol. The molecule has 1 unspecified atom stereocenters. The number of nitrogens with zero attached hydrogens (tertiary/aromatic N) is 6. The van der Waals surface area contributed by atoms with Gasteiger partial charge in [-0.3, -0.25) is 4.79 Å². The van der Waals surface area contributed by atoms with E-state index in [0.29, 0.717) is 60.3 Å². The van der Waals surface area contributed by atoms with E-state index in [1.165, 1.54) is 12.4 Å². The molecule has 0 spiro atoms. The molecule has 2 aromatic carbocycles. The molecule has 0 saturated carbocycles. The Balaban J connectivity index is 1.36. The first-order valence-corrected chi connectivity index (χ1v) is 13.5. The van der Waals surface area contributed by atoms with Crippen molar-refractivity contribution >= 4 is 45.6 Å². The molecule has 2 aromatic heterocycles. The molecule has 1 aliphatic rings. The number of anilines is 4. The van der Waals surface area contributed by atoms with E-state index in [1.807, 2.05) is 49.4 Å². The Labute approximate surface area is 243 Å². The molecule has 3 heterocycles. The zero-order valence-corrected chi connectivity index (χ0v) is 23.8. The number of nitrogens with one attached hydrogen (secondary N) is 3. The van der Waals surface area contributed by atoms with Crippen LogP contribution in [0, 0.1) is 12.5 Å². The molecule has 5 rings (SSSR count). The number of pyridine rings is 1. The Morgan fingerprint density at radius 1 is 1.19 bits per heavy atom. The predicted octanol–water partition coefficient (Wildman–Crippen LogP) is 5.42. The van der Waals surface area contributed by atoms with Crippen molar-refractivity contribution in [1.82, 2.24) is 19.9 Å². The number of methoxy groups -OCH3 is 1. The number of fused-ring (bicyclic) bond motifs is 1.